The van der Waals surface area contributed by atoms with Gasteiger partial charge in [0.15, 0.2) is 5.17 Å². The van der Waals surface area contributed by atoms with Gasteiger partial charge in [-0.1, -0.05) is 60.3 Å². The molecule has 1 unspecified atom stereocenters. The zero-order valence-electron chi connectivity index (χ0n) is 9.21. The van der Waals surface area contributed by atoms with E-state index in [1.807, 2.05) is 24.3 Å². The molecule has 3 rings (SSSR count). The van der Waals surface area contributed by atoms with Crippen LogP contribution in [0.1, 0.15) is 16.4 Å². The first-order valence-corrected chi connectivity index (χ1v) is 6.37. The standard InChI is InChI=1S/C14H12N2S/c15-14-16-12-9-5-4-8-11(12)13(17-14)10-6-2-1-3-7-10/h1-9,13H,(H2,15,16). The minimum absolute atomic E-state index is 0.255. The van der Waals surface area contributed by atoms with Gasteiger partial charge in [-0.15, -0.1) is 0 Å². The maximum Gasteiger partial charge on any atom is 0.160 e. The van der Waals surface area contributed by atoms with E-state index in [9.17, 15) is 0 Å². The second-order valence-corrected chi connectivity index (χ2v) is 5.04. The highest BCUT2D eigenvalue weighted by atomic mass is 32.2. The van der Waals surface area contributed by atoms with Crippen molar-refractivity contribution in [2.24, 2.45) is 10.7 Å². The van der Waals surface area contributed by atoms with Crippen LogP contribution in [0.4, 0.5) is 5.69 Å². The number of hydrogen-bond donors (Lipinski definition) is 1. The maximum atomic E-state index is 5.89. The molecule has 17 heavy (non-hydrogen) atoms. The maximum absolute atomic E-state index is 5.89. The number of nitrogens with two attached hydrogens (primary N) is 1. The first-order chi connectivity index (χ1) is 8.34. The van der Waals surface area contributed by atoms with Gasteiger partial charge in [-0.25, -0.2) is 4.99 Å². The Morgan fingerprint density at radius 3 is 2.47 bits per heavy atom. The summed E-state index contributed by atoms with van der Waals surface area (Å²) in [7, 11) is 0. The van der Waals surface area contributed by atoms with E-state index in [1.54, 1.807) is 11.8 Å². The quantitative estimate of drug-likeness (QED) is 0.829. The summed E-state index contributed by atoms with van der Waals surface area (Å²) in [6.07, 6.45) is 0. The lowest BCUT2D eigenvalue weighted by Gasteiger charge is -2.22. The molecule has 0 saturated heterocycles. The molecule has 0 aromatic heterocycles. The molecule has 2 nitrogen and oxygen atoms in total. The van der Waals surface area contributed by atoms with Crippen molar-refractivity contribution in [1.29, 1.82) is 0 Å². The third kappa shape index (κ3) is 1.94. The van der Waals surface area contributed by atoms with Crippen LogP contribution in [0.3, 0.4) is 0 Å². The van der Waals surface area contributed by atoms with Gasteiger partial charge in [-0.3, -0.25) is 0 Å². The Kier molecular flexibility index (Phi) is 2.61. The van der Waals surface area contributed by atoms with E-state index in [1.165, 1.54) is 11.1 Å². The molecule has 84 valence electrons. The third-order valence-corrected chi connectivity index (χ3v) is 3.89. The van der Waals surface area contributed by atoms with Gasteiger partial charge in [0, 0.05) is 0 Å². The van der Waals surface area contributed by atoms with Gasteiger partial charge in [0.2, 0.25) is 0 Å². The Morgan fingerprint density at radius 1 is 0.941 bits per heavy atom. The van der Waals surface area contributed by atoms with Gasteiger partial charge >= 0.3 is 0 Å². The molecule has 2 aromatic rings. The molecule has 1 aliphatic rings. The summed E-state index contributed by atoms with van der Waals surface area (Å²) in [5.41, 5.74) is 9.37. The second kappa shape index (κ2) is 4.26. The highest BCUT2D eigenvalue weighted by molar-refractivity contribution is 8.14. The van der Waals surface area contributed by atoms with Crippen LogP contribution >= 0.6 is 11.8 Å². The van der Waals surface area contributed by atoms with Crippen molar-refractivity contribution in [3.8, 4) is 0 Å². The molecule has 0 spiro atoms. The molecule has 1 heterocycles. The van der Waals surface area contributed by atoms with Crippen molar-refractivity contribution in [2.45, 2.75) is 5.25 Å². The van der Waals surface area contributed by atoms with Crippen LogP contribution in [0.25, 0.3) is 0 Å². The lowest BCUT2D eigenvalue weighted by atomic mass is 10.0. The summed E-state index contributed by atoms with van der Waals surface area (Å²) in [6, 6.07) is 18.6. The Morgan fingerprint density at radius 2 is 1.65 bits per heavy atom. The average molecular weight is 240 g/mol. The molecule has 3 heteroatoms. The average Bonchev–Trinajstić information content (AvgIpc) is 2.39. The fraction of sp³-hybridized carbons (Fsp3) is 0.0714. The summed E-state index contributed by atoms with van der Waals surface area (Å²) in [5.74, 6) is 0. The molecule has 1 atom stereocenters. The van der Waals surface area contributed by atoms with E-state index in [2.05, 4.69) is 35.3 Å². The number of rotatable bonds is 1. The minimum Gasteiger partial charge on any atom is -0.378 e. The van der Waals surface area contributed by atoms with Crippen LogP contribution in [0.5, 0.6) is 0 Å². The summed E-state index contributed by atoms with van der Waals surface area (Å²) < 4.78 is 0. The second-order valence-electron chi connectivity index (χ2n) is 3.92. The molecule has 0 bridgehead atoms. The molecular weight excluding hydrogens is 228 g/mol. The highest BCUT2D eigenvalue weighted by Gasteiger charge is 2.23. The summed E-state index contributed by atoms with van der Waals surface area (Å²) in [4.78, 5) is 4.38. The number of thioether (sulfide) groups is 1. The van der Waals surface area contributed by atoms with E-state index in [0.29, 0.717) is 5.17 Å². The van der Waals surface area contributed by atoms with E-state index in [0.717, 1.165) is 5.69 Å². The number of hydrogen-bond acceptors (Lipinski definition) is 3. The topological polar surface area (TPSA) is 38.4 Å². The number of fused-ring (bicyclic) bond motifs is 1. The number of aliphatic imine (C=N–C) groups is 1. The molecule has 0 saturated carbocycles. The van der Waals surface area contributed by atoms with Gasteiger partial charge in [0.05, 0.1) is 10.9 Å². The zero-order chi connectivity index (χ0) is 11.7. The van der Waals surface area contributed by atoms with Crippen molar-refractivity contribution in [1.82, 2.24) is 0 Å². The number of para-hydroxylation sites is 1. The predicted molar refractivity (Wildman–Crippen MR) is 73.6 cm³/mol. The van der Waals surface area contributed by atoms with Crippen molar-refractivity contribution in [2.75, 3.05) is 0 Å². The summed E-state index contributed by atoms with van der Waals surface area (Å²) >= 11 is 1.61. The van der Waals surface area contributed by atoms with Gasteiger partial charge in [0.1, 0.15) is 0 Å². The molecule has 0 fully saturated rings. The third-order valence-electron chi connectivity index (χ3n) is 2.79. The van der Waals surface area contributed by atoms with Gasteiger partial charge < -0.3 is 5.73 Å². The smallest absolute Gasteiger partial charge is 0.160 e. The summed E-state index contributed by atoms with van der Waals surface area (Å²) in [5, 5.41) is 0.891. The lowest BCUT2D eigenvalue weighted by molar-refractivity contribution is 1.14. The molecule has 0 amide bonds. The molecule has 2 aromatic carbocycles. The van der Waals surface area contributed by atoms with Crippen LogP contribution in [0, 0.1) is 0 Å². The van der Waals surface area contributed by atoms with E-state index < -0.39 is 0 Å². The van der Waals surface area contributed by atoms with Crippen molar-refractivity contribution in [3.63, 3.8) is 0 Å². The Hall–Kier alpha value is -1.74. The SMILES string of the molecule is NC1=Nc2ccccc2C(c2ccccc2)S1. The van der Waals surface area contributed by atoms with Crippen molar-refractivity contribution < 1.29 is 0 Å². The molecule has 0 aliphatic carbocycles. The van der Waals surface area contributed by atoms with E-state index in [4.69, 9.17) is 5.73 Å². The van der Waals surface area contributed by atoms with E-state index in [-0.39, 0.29) is 5.25 Å². The lowest BCUT2D eigenvalue weighted by Crippen LogP contribution is -2.14. The molecule has 1 aliphatic heterocycles. The number of amidine groups is 1. The van der Waals surface area contributed by atoms with Gasteiger partial charge in [0.25, 0.3) is 0 Å². The Balaban J connectivity index is 2.11. The Bertz CT molecular complexity index is 563. The highest BCUT2D eigenvalue weighted by Crippen LogP contribution is 2.43. The monoisotopic (exact) mass is 240 g/mol. The zero-order valence-corrected chi connectivity index (χ0v) is 10.0. The molecule has 2 N–H and O–H groups in total. The van der Waals surface area contributed by atoms with Gasteiger partial charge in [-0.05, 0) is 17.2 Å². The van der Waals surface area contributed by atoms with Crippen LogP contribution in [0.2, 0.25) is 0 Å². The van der Waals surface area contributed by atoms with Crippen LogP contribution in [-0.4, -0.2) is 5.17 Å². The first kappa shape index (κ1) is 10.4. The van der Waals surface area contributed by atoms with Crippen LogP contribution in [0.15, 0.2) is 59.6 Å². The fourth-order valence-corrected chi connectivity index (χ4v) is 3.03. The molecule has 0 radical (unpaired) electrons. The predicted octanol–water partition coefficient (Wildman–Crippen LogP) is 3.47. The first-order valence-electron chi connectivity index (χ1n) is 5.49. The van der Waals surface area contributed by atoms with Crippen molar-refractivity contribution in [3.05, 3.63) is 65.7 Å². The Labute approximate surface area is 105 Å². The largest absolute Gasteiger partial charge is 0.378 e. The summed E-state index contributed by atoms with van der Waals surface area (Å²) in [6.45, 7) is 0. The van der Waals surface area contributed by atoms with Crippen LogP contribution in [-0.2, 0) is 0 Å². The normalized spacial score (nSPS) is 18.4. The van der Waals surface area contributed by atoms with Crippen LogP contribution < -0.4 is 5.73 Å². The molecular formula is C14H12N2S. The fourth-order valence-electron chi connectivity index (χ4n) is 2.02. The van der Waals surface area contributed by atoms with E-state index >= 15 is 0 Å². The number of benzene rings is 2. The number of nitrogens with zero attached hydrogens (tertiary/aromatic N) is 1. The minimum atomic E-state index is 0.255. The van der Waals surface area contributed by atoms with Gasteiger partial charge in [-0.2, -0.15) is 0 Å². The van der Waals surface area contributed by atoms with Crippen molar-refractivity contribution >= 4 is 22.6 Å².